The Labute approximate surface area is 155 Å². The van der Waals surface area contributed by atoms with Crippen molar-refractivity contribution < 1.29 is 27.4 Å². The molecule has 26 heavy (non-hydrogen) atoms. The molecule has 1 aromatic rings. The molecule has 0 bridgehead atoms. The minimum Gasteiger partial charge on any atom is -0.331 e. The zero-order valence-corrected chi connectivity index (χ0v) is 16.4. The Hall–Kier alpha value is -1.11. The maximum Gasteiger partial charge on any atom is 0.416 e. The van der Waals surface area contributed by atoms with Crippen molar-refractivity contribution in [2.75, 3.05) is 21.3 Å². The van der Waals surface area contributed by atoms with Gasteiger partial charge in [0.05, 0.1) is 5.56 Å². The van der Waals surface area contributed by atoms with Crippen molar-refractivity contribution in [2.24, 2.45) is 0 Å². The molecule has 0 fully saturated rings. The molecule has 0 heterocycles. The summed E-state index contributed by atoms with van der Waals surface area (Å²) >= 11 is 0. The number of hydrogen-bond acceptors (Lipinski definition) is 3. The summed E-state index contributed by atoms with van der Waals surface area (Å²) < 4.78 is 51.1. The highest BCUT2D eigenvalue weighted by atomic mass is 19.4. The second-order valence-corrected chi connectivity index (χ2v) is 6.03. The summed E-state index contributed by atoms with van der Waals surface area (Å²) in [5.74, 6) is -0.830. The molecular formula is C20H33F3O3. The number of methoxy groups -OCH3 is 3. The lowest BCUT2D eigenvalue weighted by Crippen LogP contribution is -2.35. The van der Waals surface area contributed by atoms with E-state index in [1.165, 1.54) is 50.7 Å². The maximum absolute atomic E-state index is 11.8. The maximum atomic E-state index is 11.8. The van der Waals surface area contributed by atoms with Crippen LogP contribution < -0.4 is 0 Å². The number of ether oxygens (including phenoxy) is 3. The van der Waals surface area contributed by atoms with Gasteiger partial charge in [0.15, 0.2) is 0 Å². The van der Waals surface area contributed by atoms with Gasteiger partial charge in [-0.3, -0.25) is 0 Å². The van der Waals surface area contributed by atoms with Gasteiger partial charge in [0.25, 0.3) is 5.97 Å². The lowest BCUT2D eigenvalue weighted by atomic mass is 10.1. The van der Waals surface area contributed by atoms with Crippen molar-refractivity contribution in [2.45, 2.75) is 70.4 Å². The Morgan fingerprint density at radius 1 is 0.731 bits per heavy atom. The van der Waals surface area contributed by atoms with Crippen LogP contribution in [0.4, 0.5) is 13.2 Å². The summed E-state index contributed by atoms with van der Waals surface area (Å²) in [5.41, 5.74) is -0.602. The molecule has 0 radical (unpaired) electrons. The molecule has 1 aromatic carbocycles. The predicted octanol–water partition coefficient (Wildman–Crippen LogP) is 6.43. The van der Waals surface area contributed by atoms with E-state index in [9.17, 15) is 13.2 Å². The van der Waals surface area contributed by atoms with Gasteiger partial charge < -0.3 is 14.2 Å². The summed E-state index contributed by atoms with van der Waals surface area (Å²) in [7, 11) is 4.86. The van der Waals surface area contributed by atoms with E-state index in [1.54, 1.807) is 27.4 Å². The van der Waals surface area contributed by atoms with Crippen LogP contribution in [0.2, 0.25) is 0 Å². The smallest absolute Gasteiger partial charge is 0.331 e. The highest BCUT2D eigenvalue weighted by Crippen LogP contribution is 2.28. The van der Waals surface area contributed by atoms with Crippen molar-refractivity contribution in [3.8, 4) is 0 Å². The SMILES string of the molecule is CCCCCCCCCC(OC)(OC)OC.FC(F)(F)c1ccccc1. The molecule has 0 atom stereocenters. The molecular weight excluding hydrogens is 345 g/mol. The summed E-state index contributed by atoms with van der Waals surface area (Å²) in [6.45, 7) is 2.24. The van der Waals surface area contributed by atoms with E-state index in [1.807, 2.05) is 0 Å². The van der Waals surface area contributed by atoms with Gasteiger partial charge >= 0.3 is 6.18 Å². The van der Waals surface area contributed by atoms with Crippen LogP contribution in [0.5, 0.6) is 0 Å². The van der Waals surface area contributed by atoms with Gasteiger partial charge in [0.1, 0.15) is 0 Å². The number of unbranched alkanes of at least 4 members (excludes halogenated alkanes) is 6. The van der Waals surface area contributed by atoms with Crippen LogP contribution in [-0.4, -0.2) is 27.3 Å². The molecule has 0 saturated heterocycles. The largest absolute Gasteiger partial charge is 0.416 e. The number of rotatable bonds is 11. The molecule has 0 aliphatic carbocycles. The molecule has 1 rings (SSSR count). The third-order valence-corrected chi connectivity index (χ3v) is 4.12. The number of benzene rings is 1. The van der Waals surface area contributed by atoms with Crippen LogP contribution in [0.25, 0.3) is 0 Å². The zero-order valence-electron chi connectivity index (χ0n) is 16.4. The summed E-state index contributed by atoms with van der Waals surface area (Å²) in [5, 5.41) is 0. The van der Waals surface area contributed by atoms with Gasteiger partial charge in [-0.1, -0.05) is 75.8 Å². The van der Waals surface area contributed by atoms with Gasteiger partial charge in [0, 0.05) is 27.8 Å². The quantitative estimate of drug-likeness (QED) is 0.328. The Morgan fingerprint density at radius 2 is 1.19 bits per heavy atom. The molecule has 0 spiro atoms. The van der Waals surface area contributed by atoms with Crippen LogP contribution in [0.15, 0.2) is 30.3 Å². The number of hydrogen-bond donors (Lipinski definition) is 0. The average Bonchev–Trinajstić information content (AvgIpc) is 2.65. The first-order valence-electron chi connectivity index (χ1n) is 9.13. The van der Waals surface area contributed by atoms with Crippen LogP contribution in [0, 0.1) is 0 Å². The van der Waals surface area contributed by atoms with Crippen LogP contribution in [0.1, 0.15) is 63.9 Å². The number of halogens is 3. The highest BCUT2D eigenvalue weighted by molar-refractivity contribution is 5.17. The van der Waals surface area contributed by atoms with Crippen LogP contribution in [-0.2, 0) is 20.4 Å². The predicted molar refractivity (Wildman–Crippen MR) is 97.8 cm³/mol. The fourth-order valence-electron chi connectivity index (χ4n) is 2.48. The van der Waals surface area contributed by atoms with E-state index in [0.717, 1.165) is 25.0 Å². The van der Waals surface area contributed by atoms with Crippen LogP contribution in [0.3, 0.4) is 0 Å². The average molecular weight is 378 g/mol. The third kappa shape index (κ3) is 10.8. The third-order valence-electron chi connectivity index (χ3n) is 4.12. The molecule has 0 unspecified atom stereocenters. The second-order valence-electron chi connectivity index (χ2n) is 6.03. The monoisotopic (exact) mass is 378 g/mol. The van der Waals surface area contributed by atoms with E-state index in [0.29, 0.717) is 0 Å². The Morgan fingerprint density at radius 3 is 1.58 bits per heavy atom. The fraction of sp³-hybridized carbons (Fsp3) is 0.700. The van der Waals surface area contributed by atoms with Gasteiger partial charge in [-0.2, -0.15) is 13.2 Å². The molecule has 0 N–H and O–H groups in total. The first-order valence-corrected chi connectivity index (χ1v) is 9.13. The van der Waals surface area contributed by atoms with Gasteiger partial charge in [-0.25, -0.2) is 0 Å². The Bertz CT molecular complexity index is 423. The van der Waals surface area contributed by atoms with E-state index < -0.39 is 17.7 Å². The van der Waals surface area contributed by atoms with E-state index in [-0.39, 0.29) is 0 Å². The van der Waals surface area contributed by atoms with Crippen molar-refractivity contribution in [1.82, 2.24) is 0 Å². The molecule has 0 saturated carbocycles. The molecule has 0 amide bonds. The lowest BCUT2D eigenvalue weighted by molar-refractivity contribution is -0.355. The summed E-state index contributed by atoms with van der Waals surface area (Å²) in [4.78, 5) is 0. The lowest BCUT2D eigenvalue weighted by Gasteiger charge is -2.28. The minimum atomic E-state index is -4.21. The second kappa shape index (κ2) is 14.0. The first-order chi connectivity index (χ1) is 12.3. The molecule has 0 aliphatic heterocycles. The van der Waals surface area contributed by atoms with E-state index >= 15 is 0 Å². The highest BCUT2D eigenvalue weighted by Gasteiger charge is 2.29. The van der Waals surface area contributed by atoms with Crippen molar-refractivity contribution >= 4 is 0 Å². The van der Waals surface area contributed by atoms with Crippen molar-refractivity contribution in [3.05, 3.63) is 35.9 Å². The fourth-order valence-corrected chi connectivity index (χ4v) is 2.48. The Balaban J connectivity index is 0.000000531. The normalized spacial score (nSPS) is 11.8. The van der Waals surface area contributed by atoms with Gasteiger partial charge in [-0.15, -0.1) is 0 Å². The molecule has 3 nitrogen and oxygen atoms in total. The minimum absolute atomic E-state index is 0.602. The van der Waals surface area contributed by atoms with Gasteiger partial charge in [-0.05, 0) is 6.42 Å². The number of alkyl halides is 3. The van der Waals surface area contributed by atoms with E-state index in [2.05, 4.69) is 6.92 Å². The standard InChI is InChI=1S/C13H28O3.C7H5F3/c1-5-6-7-8-9-10-11-12-13(14-2,15-3)16-4;8-7(9,10)6-4-2-1-3-5-6/h5-12H2,1-4H3;1-5H. The summed E-state index contributed by atoms with van der Waals surface area (Å²) in [6.07, 6.45) is 5.56. The molecule has 0 aliphatic rings. The van der Waals surface area contributed by atoms with Crippen LogP contribution >= 0.6 is 0 Å². The van der Waals surface area contributed by atoms with Crippen molar-refractivity contribution in [1.29, 1.82) is 0 Å². The zero-order chi connectivity index (χ0) is 19.9. The topological polar surface area (TPSA) is 27.7 Å². The van der Waals surface area contributed by atoms with Crippen molar-refractivity contribution in [3.63, 3.8) is 0 Å². The Kier molecular flexibility index (Phi) is 13.4. The van der Waals surface area contributed by atoms with E-state index in [4.69, 9.17) is 14.2 Å². The summed E-state index contributed by atoms with van der Waals surface area (Å²) in [6, 6.07) is 6.36. The first kappa shape index (κ1) is 24.9. The van der Waals surface area contributed by atoms with Gasteiger partial charge in [0.2, 0.25) is 0 Å². The molecule has 0 aromatic heterocycles. The molecule has 152 valence electrons. The molecule has 6 heteroatoms.